The van der Waals surface area contributed by atoms with Crippen molar-refractivity contribution >= 4 is 17.3 Å². The number of carbonyl (C=O) groups is 1. The van der Waals surface area contributed by atoms with Crippen molar-refractivity contribution in [2.75, 3.05) is 23.3 Å². The molecule has 0 saturated carbocycles. The maximum Gasteiger partial charge on any atom is 0.231 e. The lowest BCUT2D eigenvalue weighted by Gasteiger charge is -2.19. The minimum absolute atomic E-state index is 0.0613. The number of nitrogens with zero attached hydrogens (tertiary/aromatic N) is 1. The summed E-state index contributed by atoms with van der Waals surface area (Å²) in [6.07, 6.45) is 2.05. The second kappa shape index (κ2) is 7.52. The smallest absolute Gasteiger partial charge is 0.231 e. The van der Waals surface area contributed by atoms with Crippen LogP contribution in [-0.2, 0) is 4.79 Å². The van der Waals surface area contributed by atoms with Crippen LogP contribution >= 0.6 is 0 Å². The van der Waals surface area contributed by atoms with Gasteiger partial charge < -0.3 is 10.2 Å². The number of hydrogen-bond donors (Lipinski definition) is 1. The Labute approximate surface area is 144 Å². The molecular formula is C21H26N2O. The summed E-state index contributed by atoms with van der Waals surface area (Å²) in [7, 11) is 0. The molecule has 1 aliphatic rings. The molecule has 0 aliphatic carbocycles. The first-order valence-corrected chi connectivity index (χ1v) is 8.88. The Kier molecular flexibility index (Phi) is 5.19. The molecular weight excluding hydrogens is 296 g/mol. The molecule has 3 nitrogen and oxygen atoms in total. The molecule has 1 aliphatic heterocycles. The first kappa shape index (κ1) is 16.6. The summed E-state index contributed by atoms with van der Waals surface area (Å²) in [5.74, 6) is 0.720. The predicted octanol–water partition coefficient (Wildman–Crippen LogP) is 4.67. The van der Waals surface area contributed by atoms with Crippen LogP contribution in [0, 0.1) is 5.92 Å². The summed E-state index contributed by atoms with van der Waals surface area (Å²) in [5.41, 5.74) is 3.18. The quantitative estimate of drug-likeness (QED) is 0.868. The van der Waals surface area contributed by atoms with Gasteiger partial charge in [0.05, 0.1) is 5.92 Å². The van der Waals surface area contributed by atoms with Gasteiger partial charge in [-0.15, -0.1) is 0 Å². The van der Waals surface area contributed by atoms with Crippen LogP contribution in [0.4, 0.5) is 11.4 Å². The average molecular weight is 322 g/mol. The van der Waals surface area contributed by atoms with E-state index >= 15 is 0 Å². The number of hydrogen-bond acceptors (Lipinski definition) is 2. The Morgan fingerprint density at radius 2 is 1.88 bits per heavy atom. The van der Waals surface area contributed by atoms with E-state index in [0.29, 0.717) is 0 Å². The zero-order valence-electron chi connectivity index (χ0n) is 14.5. The molecule has 2 aromatic rings. The van der Waals surface area contributed by atoms with Crippen LogP contribution in [-0.4, -0.2) is 19.0 Å². The van der Waals surface area contributed by atoms with Crippen LogP contribution in [0.5, 0.6) is 0 Å². The number of nitrogens with one attached hydrogen (secondary N) is 1. The van der Waals surface area contributed by atoms with Gasteiger partial charge in [-0.3, -0.25) is 4.79 Å². The molecule has 3 rings (SSSR count). The van der Waals surface area contributed by atoms with Crippen molar-refractivity contribution in [1.82, 2.24) is 0 Å². The highest BCUT2D eigenvalue weighted by Crippen LogP contribution is 2.26. The van der Waals surface area contributed by atoms with Crippen molar-refractivity contribution in [2.45, 2.75) is 32.6 Å². The minimum atomic E-state index is -0.106. The fourth-order valence-corrected chi connectivity index (χ4v) is 3.41. The van der Waals surface area contributed by atoms with Gasteiger partial charge >= 0.3 is 0 Å². The third-order valence-electron chi connectivity index (χ3n) is 4.85. The van der Waals surface area contributed by atoms with Crippen LogP contribution in [0.2, 0.25) is 0 Å². The molecule has 1 heterocycles. The molecule has 0 bridgehead atoms. The largest absolute Gasteiger partial charge is 0.371 e. The van der Waals surface area contributed by atoms with E-state index in [1.54, 1.807) is 0 Å². The first-order chi connectivity index (χ1) is 11.7. The maximum atomic E-state index is 12.6. The molecule has 2 unspecified atom stereocenters. The zero-order valence-corrected chi connectivity index (χ0v) is 14.5. The van der Waals surface area contributed by atoms with Crippen LogP contribution in [0.3, 0.4) is 0 Å². The molecule has 1 N–H and O–H groups in total. The van der Waals surface area contributed by atoms with E-state index in [0.717, 1.165) is 36.7 Å². The minimum Gasteiger partial charge on any atom is -0.371 e. The molecule has 3 heteroatoms. The van der Waals surface area contributed by atoms with Crippen LogP contribution in [0.1, 0.15) is 38.2 Å². The number of carbonyl (C=O) groups excluding carboxylic acids is 1. The molecule has 24 heavy (non-hydrogen) atoms. The van der Waals surface area contributed by atoms with Crippen molar-refractivity contribution in [3.05, 3.63) is 60.2 Å². The fourth-order valence-electron chi connectivity index (χ4n) is 3.41. The second-order valence-corrected chi connectivity index (χ2v) is 6.75. The van der Waals surface area contributed by atoms with Crippen molar-refractivity contribution in [3.8, 4) is 0 Å². The molecule has 2 atom stereocenters. The highest BCUT2D eigenvalue weighted by atomic mass is 16.1. The van der Waals surface area contributed by atoms with Gasteiger partial charge in [0.25, 0.3) is 0 Å². The molecule has 0 radical (unpaired) electrons. The van der Waals surface area contributed by atoms with Gasteiger partial charge in [-0.2, -0.15) is 0 Å². The van der Waals surface area contributed by atoms with Crippen molar-refractivity contribution < 1.29 is 4.79 Å². The van der Waals surface area contributed by atoms with Gasteiger partial charge in [0.2, 0.25) is 5.91 Å². The van der Waals surface area contributed by atoms with Crippen molar-refractivity contribution in [3.63, 3.8) is 0 Å². The van der Waals surface area contributed by atoms with Gasteiger partial charge in [0, 0.05) is 24.5 Å². The van der Waals surface area contributed by atoms with Gasteiger partial charge in [-0.05, 0) is 48.6 Å². The van der Waals surface area contributed by atoms with Gasteiger partial charge in [0.15, 0.2) is 0 Å². The average Bonchev–Trinajstić information content (AvgIpc) is 3.04. The Morgan fingerprint density at radius 1 is 1.17 bits per heavy atom. The first-order valence-electron chi connectivity index (χ1n) is 8.88. The van der Waals surface area contributed by atoms with E-state index < -0.39 is 0 Å². The third-order valence-corrected chi connectivity index (χ3v) is 4.85. The summed E-state index contributed by atoms with van der Waals surface area (Å²) >= 11 is 0. The SMILES string of the molecule is CCC(C(=O)Nc1ccc(N2CCC(C)C2)cc1)c1ccccc1. The molecule has 2 aromatic carbocycles. The number of amides is 1. The Bertz CT molecular complexity index is 666. The lowest BCUT2D eigenvalue weighted by molar-refractivity contribution is -0.117. The Morgan fingerprint density at radius 3 is 2.46 bits per heavy atom. The zero-order chi connectivity index (χ0) is 16.9. The molecule has 1 amide bonds. The summed E-state index contributed by atoms with van der Waals surface area (Å²) in [6, 6.07) is 18.2. The summed E-state index contributed by atoms with van der Waals surface area (Å²) in [5, 5.41) is 3.06. The highest BCUT2D eigenvalue weighted by Gasteiger charge is 2.20. The number of benzene rings is 2. The van der Waals surface area contributed by atoms with E-state index in [1.807, 2.05) is 42.5 Å². The van der Waals surface area contributed by atoms with Gasteiger partial charge in [0.1, 0.15) is 0 Å². The molecule has 1 fully saturated rings. The highest BCUT2D eigenvalue weighted by molar-refractivity contribution is 5.95. The second-order valence-electron chi connectivity index (χ2n) is 6.75. The molecule has 1 saturated heterocycles. The van der Waals surface area contributed by atoms with Crippen LogP contribution < -0.4 is 10.2 Å². The normalized spacial score (nSPS) is 18.4. The standard InChI is InChI=1S/C21H26N2O/c1-3-20(17-7-5-4-6-8-17)21(24)22-18-9-11-19(12-10-18)23-14-13-16(2)15-23/h4-12,16,20H,3,13-15H2,1-2H3,(H,22,24). The Hall–Kier alpha value is -2.29. The lowest BCUT2D eigenvalue weighted by Crippen LogP contribution is -2.21. The van der Waals surface area contributed by atoms with Gasteiger partial charge in [-0.25, -0.2) is 0 Å². The van der Waals surface area contributed by atoms with E-state index in [9.17, 15) is 4.79 Å². The number of anilines is 2. The van der Waals surface area contributed by atoms with E-state index in [-0.39, 0.29) is 11.8 Å². The Balaban J connectivity index is 1.66. The topological polar surface area (TPSA) is 32.3 Å². The van der Waals surface area contributed by atoms with Crippen molar-refractivity contribution in [1.29, 1.82) is 0 Å². The lowest BCUT2D eigenvalue weighted by atomic mass is 9.95. The van der Waals surface area contributed by atoms with Crippen molar-refractivity contribution in [2.24, 2.45) is 5.92 Å². The third kappa shape index (κ3) is 3.78. The summed E-state index contributed by atoms with van der Waals surface area (Å²) in [6.45, 7) is 6.59. The summed E-state index contributed by atoms with van der Waals surface area (Å²) < 4.78 is 0. The molecule has 0 spiro atoms. The summed E-state index contributed by atoms with van der Waals surface area (Å²) in [4.78, 5) is 15.0. The van der Waals surface area contributed by atoms with Crippen LogP contribution in [0.15, 0.2) is 54.6 Å². The van der Waals surface area contributed by atoms with Crippen LogP contribution in [0.25, 0.3) is 0 Å². The van der Waals surface area contributed by atoms with Gasteiger partial charge in [-0.1, -0.05) is 44.2 Å². The monoisotopic (exact) mass is 322 g/mol. The van der Waals surface area contributed by atoms with E-state index in [1.165, 1.54) is 12.1 Å². The van der Waals surface area contributed by atoms with E-state index in [2.05, 4.69) is 36.2 Å². The maximum absolute atomic E-state index is 12.6. The fraction of sp³-hybridized carbons (Fsp3) is 0.381. The predicted molar refractivity (Wildman–Crippen MR) is 101 cm³/mol. The van der Waals surface area contributed by atoms with E-state index in [4.69, 9.17) is 0 Å². The molecule has 126 valence electrons. The number of rotatable bonds is 5. The molecule has 0 aromatic heterocycles.